The van der Waals surface area contributed by atoms with Gasteiger partial charge in [0.1, 0.15) is 0 Å². The first-order valence-electron chi connectivity index (χ1n) is 2.86. The van der Waals surface area contributed by atoms with Crippen molar-refractivity contribution in [2.45, 2.75) is 17.6 Å². The van der Waals surface area contributed by atoms with Crippen LogP contribution in [0.4, 0.5) is 0 Å². The molecule has 1 rings (SSSR count). The third-order valence-electron chi connectivity index (χ3n) is 1.92. The molecule has 53 valence electrons. The molecular weight excluding hydrogens is 138 g/mol. The van der Waals surface area contributed by atoms with Gasteiger partial charge >= 0.3 is 0 Å². The van der Waals surface area contributed by atoms with Gasteiger partial charge in [-0.2, -0.15) is 0 Å². The summed E-state index contributed by atoms with van der Waals surface area (Å²) in [6.45, 7) is 0.0336. The second-order valence-electron chi connectivity index (χ2n) is 2.63. The Morgan fingerprint density at radius 3 is 2.00 bits per heavy atom. The van der Waals surface area contributed by atoms with E-state index in [9.17, 15) is 8.42 Å². The highest BCUT2D eigenvalue weighted by atomic mass is 32.2. The van der Waals surface area contributed by atoms with Crippen molar-refractivity contribution >= 4 is 9.84 Å². The van der Waals surface area contributed by atoms with Crippen molar-refractivity contribution < 1.29 is 8.42 Å². The maximum absolute atomic E-state index is 10.8. The summed E-state index contributed by atoms with van der Waals surface area (Å²) in [5.74, 6) is 0. The van der Waals surface area contributed by atoms with E-state index in [1.54, 1.807) is 0 Å². The van der Waals surface area contributed by atoms with Crippen LogP contribution in [-0.2, 0) is 9.84 Å². The molecule has 4 heteroatoms. The second-order valence-corrected chi connectivity index (χ2v) is 5.04. The van der Waals surface area contributed by atoms with Gasteiger partial charge in [-0.05, 0) is 12.8 Å². The maximum atomic E-state index is 10.8. The first kappa shape index (κ1) is 7.02. The number of sulfone groups is 1. The smallest absolute Gasteiger partial charge is 0.154 e. The Bertz CT molecular complexity index is 203. The molecule has 0 amide bonds. The summed E-state index contributed by atoms with van der Waals surface area (Å²) in [5, 5.41) is 0. The Hall–Kier alpha value is -0.0900. The molecule has 0 aromatic carbocycles. The molecule has 1 aliphatic carbocycles. The van der Waals surface area contributed by atoms with Crippen LogP contribution in [-0.4, -0.2) is 26.0 Å². The lowest BCUT2D eigenvalue weighted by Crippen LogP contribution is -2.26. The molecule has 1 saturated carbocycles. The topological polar surface area (TPSA) is 57.9 Å². The molecule has 1 radical (unpaired) electrons. The fraction of sp³-hybridized carbons (Fsp3) is 1.00. The molecule has 3 nitrogen and oxygen atoms in total. The second kappa shape index (κ2) is 1.70. The van der Waals surface area contributed by atoms with Crippen molar-refractivity contribution in [1.29, 1.82) is 0 Å². The van der Waals surface area contributed by atoms with E-state index in [1.165, 1.54) is 6.26 Å². The molecule has 1 aliphatic rings. The van der Waals surface area contributed by atoms with Gasteiger partial charge in [-0.15, -0.1) is 0 Å². The highest BCUT2D eigenvalue weighted by Gasteiger charge is 2.50. The first-order chi connectivity index (χ1) is 4.02. The van der Waals surface area contributed by atoms with Gasteiger partial charge in [0, 0.05) is 12.8 Å². The van der Waals surface area contributed by atoms with E-state index in [0.29, 0.717) is 12.8 Å². The summed E-state index contributed by atoms with van der Waals surface area (Å²) in [6, 6.07) is 0. The van der Waals surface area contributed by atoms with Gasteiger partial charge in [-0.1, -0.05) is 0 Å². The van der Waals surface area contributed by atoms with Crippen molar-refractivity contribution in [3.8, 4) is 0 Å². The van der Waals surface area contributed by atoms with E-state index in [2.05, 4.69) is 0 Å². The molecule has 0 spiro atoms. The summed E-state index contributed by atoms with van der Waals surface area (Å²) in [6.07, 6.45) is 2.60. The summed E-state index contributed by atoms with van der Waals surface area (Å²) in [4.78, 5) is 0. The van der Waals surface area contributed by atoms with Crippen LogP contribution in [0, 0.1) is 0 Å². The molecule has 1 N–H and O–H groups in total. The summed E-state index contributed by atoms with van der Waals surface area (Å²) in [7, 11) is -2.93. The Kier molecular flexibility index (Phi) is 1.33. The monoisotopic (exact) mass is 148 g/mol. The lowest BCUT2D eigenvalue weighted by atomic mass is 10.4. The molecule has 0 aliphatic heterocycles. The minimum absolute atomic E-state index is 0.0336. The number of nitrogens with one attached hydrogen (secondary N) is 1. The van der Waals surface area contributed by atoms with Crippen molar-refractivity contribution in [2.24, 2.45) is 0 Å². The molecule has 0 saturated heterocycles. The maximum Gasteiger partial charge on any atom is 0.154 e. The average Bonchev–Trinajstić information content (AvgIpc) is 2.40. The third kappa shape index (κ3) is 0.966. The van der Waals surface area contributed by atoms with E-state index in [1.807, 2.05) is 0 Å². The standard InChI is InChI=1S/C5H10NO2S/c1-9(7,8)5(4-6)2-3-5/h6H,2-4H2,1H3. The molecule has 0 bridgehead atoms. The van der Waals surface area contributed by atoms with Crippen LogP contribution in [0.15, 0.2) is 0 Å². The van der Waals surface area contributed by atoms with Gasteiger partial charge in [-0.25, -0.2) is 8.42 Å². The van der Waals surface area contributed by atoms with Gasteiger partial charge in [0.05, 0.1) is 4.75 Å². The van der Waals surface area contributed by atoms with Crippen LogP contribution in [0.2, 0.25) is 0 Å². The largest absolute Gasteiger partial charge is 0.256 e. The van der Waals surface area contributed by atoms with Gasteiger partial charge in [0.15, 0.2) is 9.84 Å². The zero-order valence-electron chi connectivity index (χ0n) is 5.35. The van der Waals surface area contributed by atoms with Crippen LogP contribution in [0.1, 0.15) is 12.8 Å². The lowest BCUT2D eigenvalue weighted by Gasteiger charge is -2.06. The van der Waals surface area contributed by atoms with E-state index in [0.717, 1.165) is 0 Å². The Labute approximate surface area is 55.2 Å². The van der Waals surface area contributed by atoms with Gasteiger partial charge in [0.25, 0.3) is 0 Å². The molecule has 0 aromatic heterocycles. The van der Waals surface area contributed by atoms with Gasteiger partial charge in [-0.3, -0.25) is 5.73 Å². The predicted octanol–water partition coefficient (Wildman–Crippen LogP) is -0.154. The average molecular weight is 148 g/mol. The number of hydrogen-bond acceptors (Lipinski definition) is 2. The summed E-state index contributed by atoms with van der Waals surface area (Å²) >= 11 is 0. The van der Waals surface area contributed by atoms with E-state index >= 15 is 0 Å². The van der Waals surface area contributed by atoms with Crippen LogP contribution in [0.5, 0.6) is 0 Å². The van der Waals surface area contributed by atoms with Crippen LogP contribution in [0.25, 0.3) is 0 Å². The molecule has 0 aromatic rings. The van der Waals surface area contributed by atoms with E-state index < -0.39 is 14.6 Å². The fourth-order valence-corrected chi connectivity index (χ4v) is 1.92. The fourth-order valence-electron chi connectivity index (χ4n) is 0.818. The van der Waals surface area contributed by atoms with Gasteiger partial charge < -0.3 is 0 Å². The number of rotatable bonds is 2. The minimum atomic E-state index is -2.93. The number of hydrogen-bond donors (Lipinski definition) is 0. The molecule has 0 unspecified atom stereocenters. The Morgan fingerprint density at radius 2 is 2.00 bits per heavy atom. The zero-order valence-corrected chi connectivity index (χ0v) is 6.16. The van der Waals surface area contributed by atoms with Crippen LogP contribution < -0.4 is 5.73 Å². The van der Waals surface area contributed by atoms with Crippen molar-refractivity contribution in [3.05, 3.63) is 0 Å². The normalized spacial score (nSPS) is 23.8. The van der Waals surface area contributed by atoms with E-state index in [-0.39, 0.29) is 6.54 Å². The molecule has 0 heterocycles. The Balaban J connectivity index is 2.85. The zero-order chi connectivity index (χ0) is 7.12. The summed E-state index contributed by atoms with van der Waals surface area (Å²) < 4.78 is 21.0. The highest BCUT2D eigenvalue weighted by molar-refractivity contribution is 7.92. The SMILES string of the molecule is CS(=O)(=O)C1(C[NH])CC1. The van der Waals surface area contributed by atoms with Crippen LogP contribution in [0.3, 0.4) is 0 Å². The third-order valence-corrected chi connectivity index (χ3v) is 4.04. The Morgan fingerprint density at radius 1 is 1.56 bits per heavy atom. The first-order valence-corrected chi connectivity index (χ1v) is 4.75. The summed E-state index contributed by atoms with van der Waals surface area (Å²) in [5.41, 5.74) is 6.94. The van der Waals surface area contributed by atoms with Crippen molar-refractivity contribution in [1.82, 2.24) is 5.73 Å². The molecule has 1 fully saturated rings. The van der Waals surface area contributed by atoms with Crippen LogP contribution >= 0.6 is 0 Å². The van der Waals surface area contributed by atoms with Crippen molar-refractivity contribution in [2.75, 3.05) is 12.8 Å². The predicted molar refractivity (Wildman–Crippen MR) is 34.8 cm³/mol. The molecule has 9 heavy (non-hydrogen) atoms. The minimum Gasteiger partial charge on any atom is -0.256 e. The molecular formula is C5H10NO2S. The van der Waals surface area contributed by atoms with Crippen molar-refractivity contribution in [3.63, 3.8) is 0 Å². The van der Waals surface area contributed by atoms with Gasteiger partial charge in [0.2, 0.25) is 0 Å². The lowest BCUT2D eigenvalue weighted by molar-refractivity contribution is 0.582. The highest BCUT2D eigenvalue weighted by Crippen LogP contribution is 2.42. The molecule has 0 atom stereocenters. The van der Waals surface area contributed by atoms with E-state index in [4.69, 9.17) is 5.73 Å². The quantitative estimate of drug-likeness (QED) is 0.546.